The molecule has 2 aromatic rings. The first-order chi connectivity index (χ1) is 10.2. The third-order valence-electron chi connectivity index (χ3n) is 4.95. The minimum atomic E-state index is 0.105. The second-order valence-electron chi connectivity index (χ2n) is 6.55. The van der Waals surface area contributed by atoms with Gasteiger partial charge in [-0.3, -0.25) is 0 Å². The quantitative estimate of drug-likeness (QED) is 0.633. The molecule has 0 nitrogen and oxygen atoms in total. The smallest absolute Gasteiger partial charge is 0.0161 e. The monoisotopic (exact) mass is 272 g/mol. The largest absolute Gasteiger partial charge is 0.0760 e. The average molecular weight is 272 g/mol. The summed E-state index contributed by atoms with van der Waals surface area (Å²) >= 11 is 0. The second-order valence-corrected chi connectivity index (χ2v) is 6.55. The molecular weight excluding hydrogens is 252 g/mol. The third-order valence-corrected chi connectivity index (χ3v) is 4.95. The van der Waals surface area contributed by atoms with Crippen LogP contribution in [0.25, 0.3) is 11.1 Å². The van der Waals surface area contributed by atoms with Crippen LogP contribution in [0.1, 0.15) is 43.4 Å². The second kappa shape index (κ2) is 4.46. The van der Waals surface area contributed by atoms with Crippen LogP contribution in [0.3, 0.4) is 0 Å². The maximum Gasteiger partial charge on any atom is 0.0161 e. The summed E-state index contributed by atoms with van der Waals surface area (Å²) in [7, 11) is 0. The molecule has 0 radical (unpaired) electrons. The first-order valence-electron chi connectivity index (χ1n) is 7.79. The van der Waals surface area contributed by atoms with Crippen molar-refractivity contribution in [3.8, 4) is 0 Å². The van der Waals surface area contributed by atoms with E-state index in [1.54, 1.807) is 11.1 Å². The van der Waals surface area contributed by atoms with Gasteiger partial charge in [-0.05, 0) is 46.3 Å². The van der Waals surface area contributed by atoms with Crippen LogP contribution in [0, 0.1) is 0 Å². The van der Waals surface area contributed by atoms with Crippen molar-refractivity contribution in [1.82, 2.24) is 0 Å². The van der Waals surface area contributed by atoms with Crippen molar-refractivity contribution >= 4 is 11.1 Å². The van der Waals surface area contributed by atoms with Gasteiger partial charge in [0.15, 0.2) is 0 Å². The molecule has 0 N–H and O–H groups in total. The molecule has 2 aliphatic carbocycles. The minimum absolute atomic E-state index is 0.105. The van der Waals surface area contributed by atoms with Crippen molar-refractivity contribution in [2.24, 2.45) is 0 Å². The van der Waals surface area contributed by atoms with Gasteiger partial charge < -0.3 is 0 Å². The molecule has 21 heavy (non-hydrogen) atoms. The van der Waals surface area contributed by atoms with Crippen molar-refractivity contribution < 1.29 is 0 Å². The molecule has 0 fully saturated rings. The normalized spacial score (nSPS) is 19.0. The van der Waals surface area contributed by atoms with Crippen LogP contribution in [0.4, 0.5) is 0 Å². The van der Waals surface area contributed by atoms with Crippen molar-refractivity contribution in [3.63, 3.8) is 0 Å². The van der Waals surface area contributed by atoms with E-state index in [1.807, 2.05) is 0 Å². The zero-order valence-corrected chi connectivity index (χ0v) is 12.7. The summed E-state index contributed by atoms with van der Waals surface area (Å²) in [5.74, 6) is 0. The van der Waals surface area contributed by atoms with E-state index in [0.29, 0.717) is 0 Å². The number of fused-ring (bicyclic) bond motifs is 2. The molecule has 0 aromatic heterocycles. The molecule has 0 atom stereocenters. The van der Waals surface area contributed by atoms with Gasteiger partial charge in [0.25, 0.3) is 0 Å². The Morgan fingerprint density at radius 3 is 2.38 bits per heavy atom. The Morgan fingerprint density at radius 1 is 0.857 bits per heavy atom. The Labute approximate surface area is 126 Å². The fourth-order valence-corrected chi connectivity index (χ4v) is 4.04. The molecule has 0 amide bonds. The number of allylic oxidation sites excluding steroid dienone is 4. The van der Waals surface area contributed by atoms with E-state index < -0.39 is 0 Å². The lowest BCUT2D eigenvalue weighted by atomic mass is 9.74. The molecule has 0 saturated heterocycles. The van der Waals surface area contributed by atoms with E-state index in [0.717, 1.165) is 6.42 Å². The van der Waals surface area contributed by atoms with E-state index in [4.69, 9.17) is 0 Å². The van der Waals surface area contributed by atoms with E-state index >= 15 is 0 Å². The van der Waals surface area contributed by atoms with Gasteiger partial charge in [-0.2, -0.15) is 0 Å². The number of hydrogen-bond donors (Lipinski definition) is 0. The van der Waals surface area contributed by atoms with Crippen LogP contribution in [-0.4, -0.2) is 0 Å². The first kappa shape index (κ1) is 12.6. The Balaban J connectivity index is 1.94. The highest BCUT2D eigenvalue weighted by molar-refractivity contribution is 5.97. The van der Waals surface area contributed by atoms with Crippen LogP contribution in [0.15, 0.2) is 66.2 Å². The molecule has 0 aliphatic heterocycles. The molecule has 0 unspecified atom stereocenters. The first-order valence-corrected chi connectivity index (χ1v) is 7.79. The van der Waals surface area contributed by atoms with E-state index in [1.165, 1.54) is 28.7 Å². The zero-order valence-electron chi connectivity index (χ0n) is 12.7. The van der Waals surface area contributed by atoms with Gasteiger partial charge in [0, 0.05) is 5.41 Å². The molecule has 0 heteroatoms. The number of rotatable bonds is 1. The predicted octanol–water partition coefficient (Wildman–Crippen LogP) is 5.61. The van der Waals surface area contributed by atoms with Crippen molar-refractivity contribution in [2.45, 2.75) is 32.1 Å². The minimum Gasteiger partial charge on any atom is -0.0760 e. The highest BCUT2D eigenvalue weighted by Crippen LogP contribution is 2.54. The lowest BCUT2D eigenvalue weighted by molar-refractivity contribution is 0.655. The van der Waals surface area contributed by atoms with Gasteiger partial charge >= 0.3 is 0 Å². The molecule has 0 bridgehead atoms. The van der Waals surface area contributed by atoms with E-state index in [9.17, 15) is 0 Å². The zero-order chi connectivity index (χ0) is 14.4. The molecule has 104 valence electrons. The summed E-state index contributed by atoms with van der Waals surface area (Å²) in [6.45, 7) is 4.74. The predicted molar refractivity (Wildman–Crippen MR) is 90.0 cm³/mol. The van der Waals surface area contributed by atoms with Crippen molar-refractivity contribution in [3.05, 3.63) is 82.9 Å². The van der Waals surface area contributed by atoms with E-state index in [-0.39, 0.29) is 5.41 Å². The summed E-state index contributed by atoms with van der Waals surface area (Å²) < 4.78 is 0. The maximum absolute atomic E-state index is 2.43. The Kier molecular flexibility index (Phi) is 2.68. The number of benzene rings is 2. The Bertz CT molecular complexity index is 758. The molecule has 4 rings (SSSR count). The summed E-state index contributed by atoms with van der Waals surface area (Å²) in [6.07, 6.45) is 4.75. The van der Waals surface area contributed by atoms with Gasteiger partial charge in [-0.15, -0.1) is 0 Å². The van der Waals surface area contributed by atoms with Crippen molar-refractivity contribution in [1.29, 1.82) is 0 Å². The Morgan fingerprint density at radius 2 is 1.57 bits per heavy atom. The van der Waals surface area contributed by atoms with Gasteiger partial charge in [-0.1, -0.05) is 74.5 Å². The fourth-order valence-electron chi connectivity index (χ4n) is 4.04. The van der Waals surface area contributed by atoms with Crippen molar-refractivity contribution in [2.75, 3.05) is 0 Å². The SMILES string of the molecule is CC1(C)C2=C(CCC=C2c2ccccc2)c2ccccc21. The van der Waals surface area contributed by atoms with E-state index in [2.05, 4.69) is 74.5 Å². The highest BCUT2D eigenvalue weighted by atomic mass is 14.4. The highest BCUT2D eigenvalue weighted by Gasteiger charge is 2.39. The average Bonchev–Trinajstić information content (AvgIpc) is 2.77. The van der Waals surface area contributed by atoms with Gasteiger partial charge in [0.1, 0.15) is 0 Å². The maximum atomic E-state index is 2.43. The van der Waals surface area contributed by atoms with Crippen LogP contribution in [-0.2, 0) is 5.41 Å². The molecule has 0 spiro atoms. The van der Waals surface area contributed by atoms with Crippen LogP contribution >= 0.6 is 0 Å². The molecule has 0 saturated carbocycles. The summed E-state index contributed by atoms with van der Waals surface area (Å²) in [5, 5.41) is 0. The molecule has 2 aliphatic rings. The van der Waals surface area contributed by atoms with Gasteiger partial charge in [0.2, 0.25) is 0 Å². The molecular formula is C21H20. The molecule has 0 heterocycles. The standard InChI is InChI=1S/C21H20/c1-21(2)19-14-7-6-11-17(19)18-13-8-12-16(20(18)21)15-9-4-3-5-10-15/h3-7,9-12,14H,8,13H2,1-2H3. The fraction of sp³-hybridized carbons (Fsp3) is 0.238. The van der Waals surface area contributed by atoms with Crippen LogP contribution in [0.2, 0.25) is 0 Å². The lowest BCUT2D eigenvalue weighted by Crippen LogP contribution is -2.19. The van der Waals surface area contributed by atoms with Gasteiger partial charge in [-0.25, -0.2) is 0 Å². The van der Waals surface area contributed by atoms with Crippen LogP contribution < -0.4 is 0 Å². The lowest BCUT2D eigenvalue weighted by Gasteiger charge is -2.29. The van der Waals surface area contributed by atoms with Crippen LogP contribution in [0.5, 0.6) is 0 Å². The summed E-state index contributed by atoms with van der Waals surface area (Å²) in [4.78, 5) is 0. The van der Waals surface area contributed by atoms with Gasteiger partial charge in [0.05, 0.1) is 0 Å². The summed E-state index contributed by atoms with van der Waals surface area (Å²) in [6, 6.07) is 19.8. The third kappa shape index (κ3) is 1.75. The topological polar surface area (TPSA) is 0 Å². The Hall–Kier alpha value is -2.08. The number of hydrogen-bond acceptors (Lipinski definition) is 0. The summed E-state index contributed by atoms with van der Waals surface area (Å²) in [5.41, 5.74) is 8.97. The molecule has 2 aromatic carbocycles.